The Morgan fingerprint density at radius 2 is 1.67 bits per heavy atom. The summed E-state index contributed by atoms with van der Waals surface area (Å²) >= 11 is 0. The van der Waals surface area contributed by atoms with E-state index in [2.05, 4.69) is 0 Å². The Morgan fingerprint density at radius 3 is 2.00 bits per heavy atom. The molecule has 1 amide bonds. The molecule has 0 unspecified atom stereocenters. The highest BCUT2D eigenvalue weighted by Gasteiger charge is 2.07. The molecule has 1 aromatic rings. The summed E-state index contributed by atoms with van der Waals surface area (Å²) in [4.78, 5) is 10.6. The van der Waals surface area contributed by atoms with Crippen molar-refractivity contribution >= 4 is 17.3 Å². The van der Waals surface area contributed by atoms with E-state index >= 15 is 0 Å². The minimum atomic E-state index is -0.631. The molecular formula is C7H9N3O2. The van der Waals surface area contributed by atoms with Crippen LogP contribution in [0.15, 0.2) is 12.1 Å². The first-order valence-corrected chi connectivity index (χ1v) is 3.20. The van der Waals surface area contributed by atoms with Crippen LogP contribution in [0.3, 0.4) is 0 Å². The van der Waals surface area contributed by atoms with Crippen molar-refractivity contribution in [1.29, 1.82) is 0 Å². The quantitative estimate of drug-likeness (QED) is 0.338. The lowest BCUT2D eigenvalue weighted by Crippen LogP contribution is -2.11. The van der Waals surface area contributed by atoms with E-state index in [9.17, 15) is 4.79 Å². The van der Waals surface area contributed by atoms with Gasteiger partial charge in [0.2, 0.25) is 5.91 Å². The molecule has 1 rings (SSSR count). The van der Waals surface area contributed by atoms with E-state index in [0.29, 0.717) is 0 Å². The topological polar surface area (TPSA) is 115 Å². The van der Waals surface area contributed by atoms with E-state index in [1.807, 2.05) is 0 Å². The summed E-state index contributed by atoms with van der Waals surface area (Å²) in [6.45, 7) is 0. The van der Waals surface area contributed by atoms with Crippen LogP contribution < -0.4 is 17.2 Å². The number of anilines is 2. The van der Waals surface area contributed by atoms with E-state index in [0.717, 1.165) is 0 Å². The smallest absolute Gasteiger partial charge is 0.248 e. The van der Waals surface area contributed by atoms with Crippen molar-refractivity contribution in [3.8, 4) is 5.75 Å². The van der Waals surface area contributed by atoms with Crippen LogP contribution in [0.25, 0.3) is 0 Å². The Hall–Kier alpha value is -1.91. The van der Waals surface area contributed by atoms with Gasteiger partial charge in [-0.2, -0.15) is 0 Å². The maximum atomic E-state index is 10.6. The number of hydrogen-bond acceptors (Lipinski definition) is 4. The van der Waals surface area contributed by atoms with Gasteiger partial charge in [-0.1, -0.05) is 0 Å². The van der Waals surface area contributed by atoms with Gasteiger partial charge in [0.1, 0.15) is 0 Å². The first kappa shape index (κ1) is 8.19. The maximum absolute atomic E-state index is 10.6. The van der Waals surface area contributed by atoms with Gasteiger partial charge in [0.05, 0.1) is 11.4 Å². The van der Waals surface area contributed by atoms with Crippen LogP contribution in [0.2, 0.25) is 0 Å². The summed E-state index contributed by atoms with van der Waals surface area (Å²) in [5, 5.41) is 9.11. The number of aromatic hydroxyl groups is 1. The SMILES string of the molecule is NC(=O)c1cc(N)c(O)c(N)c1. The van der Waals surface area contributed by atoms with Crippen LogP contribution in [0, 0.1) is 0 Å². The van der Waals surface area contributed by atoms with E-state index in [1.54, 1.807) is 0 Å². The van der Waals surface area contributed by atoms with Gasteiger partial charge in [-0.15, -0.1) is 0 Å². The summed E-state index contributed by atoms with van der Waals surface area (Å²) in [5.41, 5.74) is 15.9. The van der Waals surface area contributed by atoms with Gasteiger partial charge in [0.15, 0.2) is 5.75 Å². The largest absolute Gasteiger partial charge is 0.504 e. The third kappa shape index (κ3) is 1.24. The number of carbonyl (C=O) groups is 1. The van der Waals surface area contributed by atoms with Crippen LogP contribution in [-0.4, -0.2) is 11.0 Å². The monoisotopic (exact) mass is 167 g/mol. The predicted octanol–water partition coefficient (Wildman–Crippen LogP) is -0.345. The van der Waals surface area contributed by atoms with Crippen LogP contribution in [0.5, 0.6) is 5.75 Å². The average Bonchev–Trinajstić information content (AvgIpc) is 1.99. The third-order valence-electron chi connectivity index (χ3n) is 1.45. The van der Waals surface area contributed by atoms with Crippen LogP contribution in [-0.2, 0) is 0 Å². The summed E-state index contributed by atoms with van der Waals surface area (Å²) in [6.07, 6.45) is 0. The van der Waals surface area contributed by atoms with E-state index in [1.165, 1.54) is 12.1 Å². The molecule has 0 aliphatic carbocycles. The van der Waals surface area contributed by atoms with Crippen LogP contribution >= 0.6 is 0 Å². The molecule has 0 saturated carbocycles. The summed E-state index contributed by atoms with van der Waals surface area (Å²) in [5.74, 6) is -0.853. The minimum absolute atomic E-state index is 0.0452. The number of phenols is 1. The lowest BCUT2D eigenvalue weighted by Gasteiger charge is -2.04. The van der Waals surface area contributed by atoms with Crippen LogP contribution in [0.4, 0.5) is 11.4 Å². The van der Waals surface area contributed by atoms with Gasteiger partial charge in [-0.25, -0.2) is 0 Å². The fourth-order valence-electron chi connectivity index (χ4n) is 0.822. The molecule has 5 heteroatoms. The van der Waals surface area contributed by atoms with Gasteiger partial charge < -0.3 is 22.3 Å². The number of hydrogen-bond donors (Lipinski definition) is 4. The lowest BCUT2D eigenvalue weighted by molar-refractivity contribution is 0.100. The lowest BCUT2D eigenvalue weighted by atomic mass is 10.1. The second-order valence-corrected chi connectivity index (χ2v) is 2.37. The fourth-order valence-corrected chi connectivity index (χ4v) is 0.822. The molecule has 0 bridgehead atoms. The zero-order valence-corrected chi connectivity index (χ0v) is 6.24. The summed E-state index contributed by atoms with van der Waals surface area (Å²) < 4.78 is 0. The van der Waals surface area contributed by atoms with E-state index in [4.69, 9.17) is 22.3 Å². The summed E-state index contributed by atoms with van der Waals surface area (Å²) in [7, 11) is 0. The molecule has 1 aromatic carbocycles. The molecule has 7 N–H and O–H groups in total. The molecule has 5 nitrogen and oxygen atoms in total. The highest BCUT2D eigenvalue weighted by molar-refractivity contribution is 5.95. The molecule has 0 aliphatic rings. The van der Waals surface area contributed by atoms with Crippen molar-refractivity contribution in [2.75, 3.05) is 11.5 Å². The number of primary amides is 1. The molecule has 0 saturated heterocycles. The van der Waals surface area contributed by atoms with Gasteiger partial charge in [-0.05, 0) is 12.1 Å². The Kier molecular flexibility index (Phi) is 1.78. The molecule has 0 radical (unpaired) electrons. The molecule has 0 aromatic heterocycles. The fraction of sp³-hybridized carbons (Fsp3) is 0. The average molecular weight is 167 g/mol. The Balaban J connectivity index is 3.31. The summed E-state index contributed by atoms with van der Waals surface area (Å²) in [6, 6.07) is 2.54. The molecule has 12 heavy (non-hydrogen) atoms. The van der Waals surface area contributed by atoms with Gasteiger partial charge in [-0.3, -0.25) is 4.79 Å². The van der Waals surface area contributed by atoms with Gasteiger partial charge in [0, 0.05) is 5.56 Å². The van der Waals surface area contributed by atoms with Crippen molar-refractivity contribution in [1.82, 2.24) is 0 Å². The number of phenolic OH excluding ortho intramolecular Hbond substituents is 1. The second kappa shape index (κ2) is 2.61. The Labute approximate surface area is 68.8 Å². The van der Waals surface area contributed by atoms with Gasteiger partial charge in [0.25, 0.3) is 0 Å². The second-order valence-electron chi connectivity index (χ2n) is 2.37. The Bertz CT molecular complexity index is 312. The highest BCUT2D eigenvalue weighted by atomic mass is 16.3. The number of rotatable bonds is 1. The number of carbonyl (C=O) groups excluding carboxylic acids is 1. The highest BCUT2D eigenvalue weighted by Crippen LogP contribution is 2.28. The molecular weight excluding hydrogens is 158 g/mol. The maximum Gasteiger partial charge on any atom is 0.248 e. The molecule has 64 valence electrons. The third-order valence-corrected chi connectivity index (χ3v) is 1.45. The van der Waals surface area contributed by atoms with Crippen molar-refractivity contribution in [3.05, 3.63) is 17.7 Å². The standard InChI is InChI=1S/C7H9N3O2/c8-4-1-3(7(10)12)2-5(9)6(4)11/h1-2,11H,8-9H2,(H2,10,12). The zero-order chi connectivity index (χ0) is 9.30. The minimum Gasteiger partial charge on any atom is -0.504 e. The number of nitrogen functional groups attached to an aromatic ring is 2. The zero-order valence-electron chi connectivity index (χ0n) is 6.24. The first-order chi connectivity index (χ1) is 5.52. The molecule has 0 heterocycles. The first-order valence-electron chi connectivity index (χ1n) is 3.20. The number of benzene rings is 1. The predicted molar refractivity (Wildman–Crippen MR) is 45.4 cm³/mol. The van der Waals surface area contributed by atoms with Crippen molar-refractivity contribution in [3.63, 3.8) is 0 Å². The van der Waals surface area contributed by atoms with Crippen LogP contribution in [0.1, 0.15) is 10.4 Å². The van der Waals surface area contributed by atoms with E-state index < -0.39 is 5.91 Å². The molecule has 0 spiro atoms. The molecule has 0 aliphatic heterocycles. The number of amides is 1. The van der Waals surface area contributed by atoms with Crippen molar-refractivity contribution < 1.29 is 9.90 Å². The van der Waals surface area contributed by atoms with Gasteiger partial charge >= 0.3 is 0 Å². The van der Waals surface area contributed by atoms with Crippen molar-refractivity contribution in [2.24, 2.45) is 5.73 Å². The molecule has 0 fully saturated rings. The van der Waals surface area contributed by atoms with E-state index in [-0.39, 0.29) is 22.7 Å². The van der Waals surface area contributed by atoms with Crippen molar-refractivity contribution in [2.45, 2.75) is 0 Å². The Morgan fingerprint density at radius 1 is 1.25 bits per heavy atom. The number of nitrogens with two attached hydrogens (primary N) is 3. The normalized spacial score (nSPS) is 9.67. The molecule has 0 atom stereocenters.